The number of nitrogens with zero attached hydrogens (tertiary/aromatic N) is 5. The van der Waals surface area contributed by atoms with Crippen LogP contribution in [0.1, 0.15) is 30.7 Å². The second-order valence-corrected chi connectivity index (χ2v) is 9.75. The second-order valence-electron chi connectivity index (χ2n) is 9.75. The predicted molar refractivity (Wildman–Crippen MR) is 150 cm³/mol. The molecule has 0 radical (unpaired) electrons. The fourth-order valence-electron chi connectivity index (χ4n) is 4.41. The van der Waals surface area contributed by atoms with E-state index in [1.54, 1.807) is 0 Å². The van der Waals surface area contributed by atoms with Gasteiger partial charge in [0.1, 0.15) is 29.4 Å². The molecule has 1 N–H and O–H groups in total. The van der Waals surface area contributed by atoms with Gasteiger partial charge in [-0.3, -0.25) is 0 Å². The Morgan fingerprint density at radius 3 is 2.57 bits per heavy atom. The smallest absolute Gasteiger partial charge is 0.417 e. The fraction of sp³-hybridized carbons (Fsp3) is 0.300. The molecule has 2 aromatic carbocycles. The van der Waals surface area contributed by atoms with Crippen LogP contribution in [-0.2, 0) is 20.4 Å². The summed E-state index contributed by atoms with van der Waals surface area (Å²) in [7, 11) is 0. The van der Waals surface area contributed by atoms with Gasteiger partial charge in [0.15, 0.2) is 23.2 Å². The summed E-state index contributed by atoms with van der Waals surface area (Å²) in [5, 5.41) is 16.9. The van der Waals surface area contributed by atoms with Crippen molar-refractivity contribution in [3.63, 3.8) is 0 Å². The van der Waals surface area contributed by atoms with Crippen molar-refractivity contribution in [1.29, 1.82) is 0 Å². The summed E-state index contributed by atoms with van der Waals surface area (Å²) in [6.45, 7) is 1.50. The number of carbonyl (C=O) groups excluding carboxylic acids is 1. The van der Waals surface area contributed by atoms with Gasteiger partial charge in [0.25, 0.3) is 0 Å². The first-order valence-electron chi connectivity index (χ1n) is 13.9. The number of halogens is 5. The fourth-order valence-corrected chi connectivity index (χ4v) is 4.41. The first-order chi connectivity index (χ1) is 22.1. The molecule has 2 aliphatic rings. The summed E-state index contributed by atoms with van der Waals surface area (Å²) in [5.74, 6) is -3.54. The van der Waals surface area contributed by atoms with E-state index in [1.165, 1.54) is 36.7 Å². The highest BCUT2D eigenvalue weighted by molar-refractivity contribution is 5.78. The van der Waals surface area contributed by atoms with Crippen molar-refractivity contribution in [1.82, 2.24) is 24.9 Å². The number of benzene rings is 2. The second kappa shape index (κ2) is 14.0. The molecule has 1 atom stereocenters. The Kier molecular flexibility index (Phi) is 9.87. The normalized spacial score (nSPS) is 12.4. The molecule has 0 spiro atoms. The zero-order chi connectivity index (χ0) is 32.8. The molecule has 0 saturated carbocycles. The SMILES string of the molecule is CCCOc1ccc(-c2cc(C(C(=O)OCCOCCO)n3cc4nc(-c5cccc(F)c5F)nc-4cn3)on2)c(C(F)(F)F)c1. The number of alkyl halides is 3. The van der Waals surface area contributed by atoms with Crippen LogP contribution < -0.4 is 4.74 Å². The average molecular weight is 648 g/mol. The monoisotopic (exact) mass is 647 g/mol. The molecule has 1 unspecified atom stereocenters. The van der Waals surface area contributed by atoms with Crippen LogP contribution in [0.5, 0.6) is 5.75 Å². The van der Waals surface area contributed by atoms with Gasteiger partial charge >= 0.3 is 12.1 Å². The highest BCUT2D eigenvalue weighted by atomic mass is 19.4. The van der Waals surface area contributed by atoms with Crippen molar-refractivity contribution in [2.75, 3.05) is 33.0 Å². The lowest BCUT2D eigenvalue weighted by atomic mass is 10.0. The van der Waals surface area contributed by atoms with E-state index >= 15 is 0 Å². The highest BCUT2D eigenvalue weighted by Crippen LogP contribution is 2.40. The van der Waals surface area contributed by atoms with Crippen LogP contribution in [0.2, 0.25) is 0 Å². The first-order valence-corrected chi connectivity index (χ1v) is 13.9. The number of aliphatic hydroxyl groups is 1. The van der Waals surface area contributed by atoms with E-state index in [-0.39, 0.29) is 78.6 Å². The Balaban J connectivity index is 1.52. The Labute approximate surface area is 257 Å². The number of imidazole rings is 1. The van der Waals surface area contributed by atoms with Crippen LogP contribution in [0.4, 0.5) is 22.0 Å². The van der Waals surface area contributed by atoms with E-state index in [0.717, 1.165) is 22.9 Å². The molecule has 1 aromatic heterocycles. The molecular formula is C30H26F5N5O6. The van der Waals surface area contributed by atoms with Crippen LogP contribution in [0.15, 0.2) is 59.4 Å². The topological polar surface area (TPSA) is 135 Å². The third kappa shape index (κ3) is 7.13. The minimum Gasteiger partial charge on any atom is -0.494 e. The number of fused-ring (bicyclic) bond motifs is 1. The van der Waals surface area contributed by atoms with E-state index in [0.29, 0.717) is 6.42 Å². The van der Waals surface area contributed by atoms with E-state index < -0.39 is 35.4 Å². The lowest BCUT2D eigenvalue weighted by molar-refractivity contribution is -0.148. The van der Waals surface area contributed by atoms with E-state index in [4.69, 9.17) is 23.8 Å². The Hall–Kier alpha value is -4.96. The Bertz CT molecular complexity index is 1780. The zero-order valence-corrected chi connectivity index (χ0v) is 24.1. The molecule has 46 heavy (non-hydrogen) atoms. The summed E-state index contributed by atoms with van der Waals surface area (Å²) in [6, 6.07) is 6.57. The molecule has 11 nitrogen and oxygen atoms in total. The first kappa shape index (κ1) is 32.4. The van der Waals surface area contributed by atoms with E-state index in [9.17, 15) is 26.7 Å². The number of esters is 1. The number of hydrogen-bond acceptors (Lipinski definition) is 10. The molecule has 242 valence electrons. The van der Waals surface area contributed by atoms with Crippen molar-refractivity contribution < 1.29 is 50.6 Å². The highest BCUT2D eigenvalue weighted by Gasteiger charge is 2.36. The van der Waals surface area contributed by atoms with Crippen molar-refractivity contribution in [3.05, 3.63) is 77.8 Å². The lowest BCUT2D eigenvalue weighted by Gasteiger charge is -2.16. The van der Waals surface area contributed by atoms with Crippen LogP contribution in [0.3, 0.4) is 0 Å². The Morgan fingerprint density at radius 2 is 1.80 bits per heavy atom. The van der Waals surface area contributed by atoms with Crippen LogP contribution in [-0.4, -0.2) is 69.0 Å². The van der Waals surface area contributed by atoms with Gasteiger partial charge in [-0.05, 0) is 36.8 Å². The average Bonchev–Trinajstić information content (AvgIpc) is 3.68. The van der Waals surface area contributed by atoms with E-state index in [2.05, 4.69) is 20.2 Å². The molecule has 0 amide bonds. The molecule has 0 aliphatic carbocycles. The number of carbonyl (C=O) groups is 1. The van der Waals surface area contributed by atoms with Gasteiger partial charge in [-0.25, -0.2) is 28.2 Å². The van der Waals surface area contributed by atoms with Crippen LogP contribution in [0, 0.1) is 11.6 Å². The molecule has 3 heterocycles. The third-order valence-electron chi connectivity index (χ3n) is 6.51. The van der Waals surface area contributed by atoms with Gasteiger partial charge in [-0.2, -0.15) is 18.3 Å². The van der Waals surface area contributed by atoms with Crippen molar-refractivity contribution in [2.45, 2.75) is 25.6 Å². The maximum Gasteiger partial charge on any atom is 0.417 e. The van der Waals surface area contributed by atoms with Gasteiger partial charge < -0.3 is 23.8 Å². The standard InChI is InChI=1S/C30H26F5N5O6/c1-2-9-44-17-6-7-18(20(13-17)30(33,34)35)22-14-25(46-39-22)27(29(42)45-12-11-43-10-8-41)40-16-24-23(15-36-40)37-28(38-24)19-4-3-5-21(31)26(19)32/h3-7,13-16,27,41H,2,8-12H2,1H3. The number of rotatable bonds is 13. The molecule has 5 rings (SSSR count). The van der Waals surface area contributed by atoms with Gasteiger partial charge in [0.05, 0.1) is 49.9 Å². The number of ether oxygens (including phenoxy) is 3. The van der Waals surface area contributed by atoms with Crippen molar-refractivity contribution in [3.8, 4) is 39.8 Å². The van der Waals surface area contributed by atoms with E-state index in [1.807, 2.05) is 6.92 Å². The maximum atomic E-state index is 14.4. The van der Waals surface area contributed by atoms with Crippen molar-refractivity contribution >= 4 is 5.97 Å². The minimum atomic E-state index is -4.77. The van der Waals surface area contributed by atoms with Gasteiger partial charge in [0, 0.05) is 11.6 Å². The minimum absolute atomic E-state index is 0.00707. The van der Waals surface area contributed by atoms with Gasteiger partial charge in [-0.15, -0.1) is 0 Å². The largest absolute Gasteiger partial charge is 0.494 e. The summed E-state index contributed by atoms with van der Waals surface area (Å²) in [6.07, 6.45) is -1.71. The third-order valence-corrected chi connectivity index (χ3v) is 6.51. The molecule has 0 fully saturated rings. The number of hydrogen-bond donors (Lipinski definition) is 1. The van der Waals surface area contributed by atoms with Gasteiger partial charge in [0.2, 0.25) is 6.04 Å². The summed E-state index contributed by atoms with van der Waals surface area (Å²) in [4.78, 5) is 21.8. The molecular weight excluding hydrogens is 621 g/mol. The Morgan fingerprint density at radius 1 is 1.00 bits per heavy atom. The molecule has 0 bridgehead atoms. The lowest BCUT2D eigenvalue weighted by Crippen LogP contribution is -2.26. The molecule has 3 aromatic rings. The predicted octanol–water partition coefficient (Wildman–Crippen LogP) is 5.33. The number of aromatic nitrogens is 5. The summed E-state index contributed by atoms with van der Waals surface area (Å²) >= 11 is 0. The summed E-state index contributed by atoms with van der Waals surface area (Å²) in [5.41, 5.74) is -1.48. The van der Waals surface area contributed by atoms with Crippen LogP contribution >= 0.6 is 0 Å². The van der Waals surface area contributed by atoms with Crippen molar-refractivity contribution in [2.24, 2.45) is 0 Å². The molecule has 2 aliphatic heterocycles. The van der Waals surface area contributed by atoms with Gasteiger partial charge in [-0.1, -0.05) is 18.1 Å². The maximum absolute atomic E-state index is 14.4. The zero-order valence-electron chi connectivity index (χ0n) is 24.1. The quantitative estimate of drug-likeness (QED) is 0.102. The summed E-state index contributed by atoms with van der Waals surface area (Å²) < 4.78 is 92.6. The van der Waals surface area contributed by atoms with Crippen LogP contribution in [0.25, 0.3) is 34.0 Å². The number of aliphatic hydroxyl groups excluding tert-OH is 1. The molecule has 16 heteroatoms. The molecule has 0 saturated heterocycles.